The highest BCUT2D eigenvalue weighted by Gasteiger charge is 2.38. The van der Waals surface area contributed by atoms with E-state index in [9.17, 15) is 4.79 Å². The summed E-state index contributed by atoms with van der Waals surface area (Å²) in [6, 6.07) is 7.33. The van der Waals surface area contributed by atoms with E-state index in [0.717, 1.165) is 36.3 Å². The van der Waals surface area contributed by atoms with E-state index in [2.05, 4.69) is 5.32 Å². The molecule has 3 N–H and O–H groups in total. The van der Waals surface area contributed by atoms with E-state index in [0.29, 0.717) is 0 Å². The monoisotopic (exact) mass is 322 g/mol. The number of carbonyl (C=O) groups excluding carboxylic acids is 1. The Morgan fingerprint density at radius 2 is 2.00 bits per heavy atom. The van der Waals surface area contributed by atoms with Crippen molar-refractivity contribution in [3.8, 4) is 0 Å². The van der Waals surface area contributed by atoms with E-state index in [1.165, 1.54) is 31.2 Å². The van der Waals surface area contributed by atoms with Gasteiger partial charge < -0.3 is 11.1 Å². The van der Waals surface area contributed by atoms with Gasteiger partial charge in [-0.15, -0.1) is 12.4 Å². The number of amides is 1. The first-order valence-corrected chi connectivity index (χ1v) is 8.23. The van der Waals surface area contributed by atoms with Crippen LogP contribution in [0.4, 0.5) is 0 Å². The van der Waals surface area contributed by atoms with Crippen molar-refractivity contribution in [2.24, 2.45) is 23.5 Å². The van der Waals surface area contributed by atoms with Crippen LogP contribution < -0.4 is 11.1 Å². The molecule has 0 aliphatic heterocycles. The maximum Gasteiger partial charge on any atom is 0.241 e. The third-order valence-corrected chi connectivity index (χ3v) is 5.42. The number of rotatable bonds is 5. The van der Waals surface area contributed by atoms with E-state index in [-0.39, 0.29) is 18.3 Å². The topological polar surface area (TPSA) is 55.1 Å². The minimum atomic E-state index is -0.550. The third-order valence-electron chi connectivity index (χ3n) is 5.42. The van der Waals surface area contributed by atoms with Crippen molar-refractivity contribution in [1.29, 1.82) is 0 Å². The maximum atomic E-state index is 12.1. The predicted octanol–water partition coefficient (Wildman–Crippen LogP) is 3.36. The molecule has 3 rings (SSSR count). The van der Waals surface area contributed by atoms with Gasteiger partial charge in [0.25, 0.3) is 0 Å². The Morgan fingerprint density at radius 3 is 2.59 bits per heavy atom. The first kappa shape index (κ1) is 17.3. The molecule has 122 valence electrons. The molecule has 2 fully saturated rings. The van der Waals surface area contributed by atoms with Gasteiger partial charge in [0, 0.05) is 6.54 Å². The van der Waals surface area contributed by atoms with Gasteiger partial charge in [-0.1, -0.05) is 36.2 Å². The van der Waals surface area contributed by atoms with E-state index < -0.39 is 6.04 Å². The standard InChI is InChI=1S/C18H26N2O.ClH/c1-12-2-5-14(6-3-12)17(19)18(21)20-9-8-16-11-13-4-7-15(16)10-13;/h2-3,5-6,13,15-17H,4,7-11,19H2,1H3,(H,20,21);1H. The second-order valence-corrected chi connectivity index (χ2v) is 6.90. The fraction of sp³-hybridized carbons (Fsp3) is 0.611. The number of nitrogens with one attached hydrogen (secondary N) is 1. The zero-order chi connectivity index (χ0) is 14.8. The molecule has 22 heavy (non-hydrogen) atoms. The zero-order valence-corrected chi connectivity index (χ0v) is 14.1. The summed E-state index contributed by atoms with van der Waals surface area (Å²) in [5, 5.41) is 3.02. The fourth-order valence-electron chi connectivity index (χ4n) is 4.15. The van der Waals surface area contributed by atoms with E-state index in [4.69, 9.17) is 5.73 Å². The Balaban J connectivity index is 0.00000176. The van der Waals surface area contributed by atoms with Crippen molar-refractivity contribution in [2.75, 3.05) is 6.54 Å². The summed E-state index contributed by atoms with van der Waals surface area (Å²) < 4.78 is 0. The second-order valence-electron chi connectivity index (χ2n) is 6.90. The van der Waals surface area contributed by atoms with Gasteiger partial charge in [0.1, 0.15) is 6.04 Å². The number of benzene rings is 1. The van der Waals surface area contributed by atoms with Gasteiger partial charge in [-0.3, -0.25) is 4.79 Å². The molecule has 4 unspecified atom stereocenters. The molecule has 0 spiro atoms. The van der Waals surface area contributed by atoms with Crippen molar-refractivity contribution in [3.63, 3.8) is 0 Å². The average Bonchev–Trinajstić information content (AvgIpc) is 3.10. The highest BCUT2D eigenvalue weighted by atomic mass is 35.5. The van der Waals surface area contributed by atoms with Gasteiger partial charge >= 0.3 is 0 Å². The minimum Gasteiger partial charge on any atom is -0.354 e. The normalized spacial score (nSPS) is 27.3. The largest absolute Gasteiger partial charge is 0.354 e. The van der Waals surface area contributed by atoms with Gasteiger partial charge in [0.2, 0.25) is 5.91 Å². The average molecular weight is 323 g/mol. The highest BCUT2D eigenvalue weighted by molar-refractivity contribution is 5.85. The molecule has 3 nitrogen and oxygen atoms in total. The van der Waals surface area contributed by atoms with Crippen LogP contribution in [-0.4, -0.2) is 12.5 Å². The van der Waals surface area contributed by atoms with Crippen LogP contribution in [-0.2, 0) is 4.79 Å². The number of hydrogen-bond acceptors (Lipinski definition) is 2. The summed E-state index contributed by atoms with van der Waals surface area (Å²) in [5.74, 6) is 2.69. The number of carbonyl (C=O) groups is 1. The van der Waals surface area contributed by atoms with Crippen LogP contribution in [0.2, 0.25) is 0 Å². The molecule has 2 aliphatic carbocycles. The predicted molar refractivity (Wildman–Crippen MR) is 91.9 cm³/mol. The van der Waals surface area contributed by atoms with E-state index in [1.54, 1.807) is 0 Å². The molecule has 2 saturated carbocycles. The van der Waals surface area contributed by atoms with Gasteiger partial charge in [-0.2, -0.15) is 0 Å². The lowest BCUT2D eigenvalue weighted by Crippen LogP contribution is -2.35. The van der Waals surface area contributed by atoms with Gasteiger partial charge in [-0.25, -0.2) is 0 Å². The van der Waals surface area contributed by atoms with Crippen molar-refractivity contribution in [1.82, 2.24) is 5.32 Å². The number of aryl methyl sites for hydroxylation is 1. The maximum absolute atomic E-state index is 12.1. The molecule has 2 bridgehead atoms. The molecular weight excluding hydrogens is 296 g/mol. The molecule has 4 atom stereocenters. The van der Waals surface area contributed by atoms with Gasteiger partial charge in [0.05, 0.1) is 0 Å². The van der Waals surface area contributed by atoms with Crippen LogP contribution in [0.15, 0.2) is 24.3 Å². The SMILES string of the molecule is Cc1ccc(C(N)C(=O)NCCC2CC3CCC2C3)cc1.Cl. The zero-order valence-electron chi connectivity index (χ0n) is 13.3. The molecule has 2 aliphatic rings. The summed E-state index contributed by atoms with van der Waals surface area (Å²) in [5.41, 5.74) is 8.10. The van der Waals surface area contributed by atoms with Gasteiger partial charge in [0.15, 0.2) is 0 Å². The van der Waals surface area contributed by atoms with Crippen molar-refractivity contribution >= 4 is 18.3 Å². The molecule has 0 heterocycles. The molecular formula is C18H27ClN2O. The van der Waals surface area contributed by atoms with Crippen LogP contribution in [0.5, 0.6) is 0 Å². The van der Waals surface area contributed by atoms with Crippen molar-refractivity contribution in [3.05, 3.63) is 35.4 Å². The quantitative estimate of drug-likeness (QED) is 0.873. The third kappa shape index (κ3) is 3.82. The molecule has 4 heteroatoms. The lowest BCUT2D eigenvalue weighted by molar-refractivity contribution is -0.122. The molecule has 0 radical (unpaired) electrons. The van der Waals surface area contributed by atoms with E-state index >= 15 is 0 Å². The number of fused-ring (bicyclic) bond motifs is 2. The molecule has 1 aromatic rings. The number of halogens is 1. The number of nitrogens with two attached hydrogens (primary N) is 1. The van der Waals surface area contributed by atoms with Crippen LogP contribution in [0, 0.1) is 24.7 Å². The van der Waals surface area contributed by atoms with Crippen LogP contribution >= 0.6 is 12.4 Å². The first-order chi connectivity index (χ1) is 10.1. The van der Waals surface area contributed by atoms with Crippen molar-refractivity contribution < 1.29 is 4.79 Å². The Labute approximate surface area is 139 Å². The molecule has 1 amide bonds. The second kappa shape index (κ2) is 7.47. The summed E-state index contributed by atoms with van der Waals surface area (Å²) in [7, 11) is 0. The summed E-state index contributed by atoms with van der Waals surface area (Å²) in [6.07, 6.45) is 6.78. The van der Waals surface area contributed by atoms with Crippen LogP contribution in [0.3, 0.4) is 0 Å². The number of hydrogen-bond donors (Lipinski definition) is 2. The Kier molecular flexibility index (Phi) is 5.87. The smallest absolute Gasteiger partial charge is 0.241 e. The molecule has 0 saturated heterocycles. The Hall–Kier alpha value is -1.06. The summed E-state index contributed by atoms with van der Waals surface area (Å²) in [4.78, 5) is 12.1. The fourth-order valence-corrected chi connectivity index (χ4v) is 4.15. The van der Waals surface area contributed by atoms with Gasteiger partial charge in [-0.05, 0) is 55.9 Å². The van der Waals surface area contributed by atoms with E-state index in [1.807, 2.05) is 31.2 Å². The van der Waals surface area contributed by atoms with Crippen molar-refractivity contribution in [2.45, 2.75) is 45.1 Å². The minimum absolute atomic E-state index is 0. The summed E-state index contributed by atoms with van der Waals surface area (Å²) in [6.45, 7) is 2.80. The summed E-state index contributed by atoms with van der Waals surface area (Å²) >= 11 is 0. The van der Waals surface area contributed by atoms with Crippen LogP contribution in [0.25, 0.3) is 0 Å². The highest BCUT2D eigenvalue weighted by Crippen LogP contribution is 2.49. The first-order valence-electron chi connectivity index (χ1n) is 8.23. The Morgan fingerprint density at radius 1 is 1.27 bits per heavy atom. The molecule has 1 aromatic carbocycles. The Bertz CT molecular complexity index is 502. The lowest BCUT2D eigenvalue weighted by Gasteiger charge is -2.22. The molecule has 0 aromatic heterocycles. The lowest BCUT2D eigenvalue weighted by atomic mass is 9.86. The van der Waals surface area contributed by atoms with Crippen LogP contribution in [0.1, 0.15) is 49.3 Å².